The molecule has 2 aromatic rings. The minimum Gasteiger partial charge on any atom is -0.384 e. The van der Waals surface area contributed by atoms with Gasteiger partial charge in [0, 0.05) is 17.1 Å². The van der Waals surface area contributed by atoms with Crippen LogP contribution in [0.25, 0.3) is 10.9 Å². The Hall–Kier alpha value is -2.34. The number of nitrogens with two attached hydrogens (primary N) is 2. The van der Waals surface area contributed by atoms with E-state index in [-0.39, 0.29) is 0 Å². The number of amidine groups is 1. The lowest BCUT2D eigenvalue weighted by Gasteiger charge is -2.28. The summed E-state index contributed by atoms with van der Waals surface area (Å²) in [4.78, 5) is 4.22. The summed E-state index contributed by atoms with van der Waals surface area (Å²) >= 11 is 0. The molecule has 0 saturated carbocycles. The first kappa shape index (κ1) is 9.86. The Morgan fingerprint density at radius 3 is 3.00 bits per heavy atom. The molecule has 17 heavy (non-hydrogen) atoms. The molecule has 0 spiro atoms. The molecule has 0 bridgehead atoms. The van der Waals surface area contributed by atoms with Gasteiger partial charge in [-0.15, -0.1) is 0 Å². The summed E-state index contributed by atoms with van der Waals surface area (Å²) in [5.74, 6) is -0.617. The number of aromatic nitrogens is 2. The number of aliphatic imine (C=N–C) groups is 1. The Balaban J connectivity index is 2.11. The molecule has 3 rings (SSSR count). The summed E-state index contributed by atoms with van der Waals surface area (Å²) < 4.78 is 0. The third-order valence-corrected chi connectivity index (χ3v) is 2.74. The Labute approximate surface area is 97.4 Å². The largest absolute Gasteiger partial charge is 0.384 e. The molecule has 0 saturated heterocycles. The molecule has 0 radical (unpaired) electrons. The standard InChI is InChI=1S/C11H12N6/c12-10-3-4-14-11(13,16-10)8-2-1-7-6-15-17-9(7)5-8/h1-6,14H,13H2,(H2,12,16)(H,15,17). The van der Waals surface area contributed by atoms with Crippen molar-refractivity contribution < 1.29 is 0 Å². The second-order valence-corrected chi connectivity index (χ2v) is 3.95. The van der Waals surface area contributed by atoms with Gasteiger partial charge in [0.05, 0.1) is 11.7 Å². The van der Waals surface area contributed by atoms with Crippen molar-refractivity contribution in [3.63, 3.8) is 0 Å². The highest BCUT2D eigenvalue weighted by atomic mass is 15.3. The second kappa shape index (κ2) is 3.33. The van der Waals surface area contributed by atoms with Crippen LogP contribution >= 0.6 is 0 Å². The number of aromatic amines is 1. The van der Waals surface area contributed by atoms with E-state index in [1.807, 2.05) is 18.2 Å². The van der Waals surface area contributed by atoms with Crippen molar-refractivity contribution in [2.75, 3.05) is 0 Å². The zero-order valence-corrected chi connectivity index (χ0v) is 9.01. The Kier molecular flexibility index (Phi) is 1.93. The molecule has 1 atom stereocenters. The fraction of sp³-hybridized carbons (Fsp3) is 0.0909. The van der Waals surface area contributed by atoms with Crippen molar-refractivity contribution >= 4 is 16.7 Å². The number of fused-ring (bicyclic) bond motifs is 1. The quantitative estimate of drug-likeness (QED) is 0.555. The summed E-state index contributed by atoms with van der Waals surface area (Å²) in [5, 5.41) is 10.9. The molecule has 86 valence electrons. The first-order valence-electron chi connectivity index (χ1n) is 5.19. The molecule has 1 aromatic carbocycles. The third kappa shape index (κ3) is 1.55. The van der Waals surface area contributed by atoms with Gasteiger partial charge in [-0.3, -0.25) is 10.8 Å². The predicted molar refractivity (Wildman–Crippen MR) is 65.9 cm³/mol. The van der Waals surface area contributed by atoms with Gasteiger partial charge in [-0.25, -0.2) is 4.99 Å². The van der Waals surface area contributed by atoms with Crippen LogP contribution < -0.4 is 16.8 Å². The molecule has 2 heterocycles. The van der Waals surface area contributed by atoms with E-state index in [1.165, 1.54) is 0 Å². The predicted octanol–water partition coefficient (Wildman–Crippen LogP) is 0.106. The van der Waals surface area contributed by atoms with Crippen LogP contribution in [0, 0.1) is 0 Å². The average Bonchev–Trinajstić information content (AvgIpc) is 2.75. The zero-order valence-electron chi connectivity index (χ0n) is 9.01. The molecule has 0 amide bonds. The van der Waals surface area contributed by atoms with Crippen LogP contribution in [-0.4, -0.2) is 16.0 Å². The molecule has 1 aliphatic rings. The van der Waals surface area contributed by atoms with Gasteiger partial charge >= 0.3 is 0 Å². The summed E-state index contributed by atoms with van der Waals surface area (Å²) in [7, 11) is 0. The molecule has 6 N–H and O–H groups in total. The van der Waals surface area contributed by atoms with Gasteiger partial charge in [0.2, 0.25) is 5.79 Å². The van der Waals surface area contributed by atoms with E-state index in [1.54, 1.807) is 18.5 Å². The summed E-state index contributed by atoms with van der Waals surface area (Å²) in [6, 6.07) is 5.75. The maximum Gasteiger partial charge on any atom is 0.211 e. The van der Waals surface area contributed by atoms with Crippen molar-refractivity contribution in [3.05, 3.63) is 42.2 Å². The fourth-order valence-corrected chi connectivity index (χ4v) is 1.85. The van der Waals surface area contributed by atoms with Gasteiger partial charge in [-0.05, 0) is 12.1 Å². The van der Waals surface area contributed by atoms with E-state index in [2.05, 4.69) is 20.5 Å². The number of H-pyrrole nitrogens is 1. The van der Waals surface area contributed by atoms with Gasteiger partial charge in [0.15, 0.2) is 0 Å². The number of benzene rings is 1. The highest BCUT2D eigenvalue weighted by Crippen LogP contribution is 2.22. The normalized spacial score (nSPS) is 23.5. The summed E-state index contributed by atoms with van der Waals surface area (Å²) in [5.41, 5.74) is 13.6. The monoisotopic (exact) mass is 228 g/mol. The number of hydrogen-bond donors (Lipinski definition) is 4. The van der Waals surface area contributed by atoms with Crippen molar-refractivity contribution in [2.24, 2.45) is 16.5 Å². The smallest absolute Gasteiger partial charge is 0.211 e. The Morgan fingerprint density at radius 2 is 2.18 bits per heavy atom. The number of nitrogens with zero attached hydrogens (tertiary/aromatic N) is 2. The highest BCUT2D eigenvalue weighted by Gasteiger charge is 2.27. The topological polar surface area (TPSA) is 105 Å². The maximum absolute atomic E-state index is 6.17. The number of rotatable bonds is 1. The van der Waals surface area contributed by atoms with Crippen LogP contribution in [0.3, 0.4) is 0 Å². The van der Waals surface area contributed by atoms with Crippen LogP contribution in [0.5, 0.6) is 0 Å². The summed E-state index contributed by atoms with van der Waals surface area (Å²) in [6.45, 7) is 0. The van der Waals surface area contributed by atoms with E-state index in [0.717, 1.165) is 16.5 Å². The lowest BCUT2D eigenvalue weighted by Crippen LogP contribution is -2.49. The Morgan fingerprint density at radius 1 is 1.29 bits per heavy atom. The molecule has 0 aliphatic carbocycles. The van der Waals surface area contributed by atoms with E-state index >= 15 is 0 Å². The molecule has 1 unspecified atom stereocenters. The van der Waals surface area contributed by atoms with E-state index in [0.29, 0.717) is 5.84 Å². The first-order valence-corrected chi connectivity index (χ1v) is 5.19. The van der Waals surface area contributed by atoms with E-state index in [9.17, 15) is 0 Å². The van der Waals surface area contributed by atoms with Crippen molar-refractivity contribution in [1.29, 1.82) is 0 Å². The van der Waals surface area contributed by atoms with Crippen molar-refractivity contribution in [1.82, 2.24) is 15.5 Å². The minimum absolute atomic E-state index is 0.399. The first-order chi connectivity index (χ1) is 8.17. The molecular formula is C11H12N6. The maximum atomic E-state index is 6.17. The van der Waals surface area contributed by atoms with Gasteiger partial charge < -0.3 is 11.1 Å². The molecule has 0 fully saturated rings. The minimum atomic E-state index is -1.02. The highest BCUT2D eigenvalue weighted by molar-refractivity contribution is 5.92. The van der Waals surface area contributed by atoms with E-state index < -0.39 is 5.79 Å². The van der Waals surface area contributed by atoms with Crippen LogP contribution in [0.2, 0.25) is 0 Å². The number of hydrogen-bond acceptors (Lipinski definition) is 5. The van der Waals surface area contributed by atoms with Crippen molar-refractivity contribution in [3.8, 4) is 0 Å². The third-order valence-electron chi connectivity index (χ3n) is 2.74. The van der Waals surface area contributed by atoms with Crippen LogP contribution in [-0.2, 0) is 5.79 Å². The van der Waals surface area contributed by atoms with Crippen LogP contribution in [0.1, 0.15) is 5.56 Å². The van der Waals surface area contributed by atoms with Crippen molar-refractivity contribution in [2.45, 2.75) is 5.79 Å². The van der Waals surface area contributed by atoms with Crippen LogP contribution in [0.4, 0.5) is 0 Å². The molecule has 1 aromatic heterocycles. The second-order valence-electron chi connectivity index (χ2n) is 3.95. The Bertz CT molecular complexity index is 626. The average molecular weight is 228 g/mol. The van der Waals surface area contributed by atoms with E-state index in [4.69, 9.17) is 11.5 Å². The molecule has 1 aliphatic heterocycles. The van der Waals surface area contributed by atoms with Gasteiger partial charge in [0.25, 0.3) is 0 Å². The molecule has 6 nitrogen and oxygen atoms in total. The lowest BCUT2D eigenvalue weighted by molar-refractivity contribution is 0.410. The number of nitrogens with one attached hydrogen (secondary N) is 2. The lowest BCUT2D eigenvalue weighted by atomic mass is 10.1. The van der Waals surface area contributed by atoms with Gasteiger partial charge in [0.1, 0.15) is 5.84 Å². The van der Waals surface area contributed by atoms with Gasteiger partial charge in [-0.1, -0.05) is 12.1 Å². The summed E-state index contributed by atoms with van der Waals surface area (Å²) in [6.07, 6.45) is 5.12. The zero-order chi connectivity index (χ0) is 11.9. The van der Waals surface area contributed by atoms with Crippen LogP contribution in [0.15, 0.2) is 41.7 Å². The fourth-order valence-electron chi connectivity index (χ4n) is 1.85. The molecular weight excluding hydrogens is 216 g/mol. The SMILES string of the molecule is NC1=NC(N)(c2ccc3cn[nH]c3c2)NC=C1. The molecule has 6 heteroatoms. The van der Waals surface area contributed by atoms with Gasteiger partial charge in [-0.2, -0.15) is 5.10 Å².